The molecule has 6 heteroatoms. The SMILES string of the molecule is CCOc1ccc(NC2NNC(c3ccc(C)cc3)C(=O)N2)cc1. The topological polar surface area (TPSA) is 74.4 Å². The van der Waals surface area contributed by atoms with E-state index in [1.54, 1.807) is 0 Å². The highest BCUT2D eigenvalue weighted by atomic mass is 16.5. The van der Waals surface area contributed by atoms with Gasteiger partial charge in [0.25, 0.3) is 0 Å². The molecule has 6 nitrogen and oxygen atoms in total. The fourth-order valence-electron chi connectivity index (χ4n) is 2.54. The number of nitrogens with one attached hydrogen (secondary N) is 4. The molecule has 0 aromatic heterocycles. The van der Waals surface area contributed by atoms with E-state index in [1.807, 2.05) is 62.4 Å². The van der Waals surface area contributed by atoms with Gasteiger partial charge in [0.05, 0.1) is 6.61 Å². The minimum atomic E-state index is -0.413. The van der Waals surface area contributed by atoms with Gasteiger partial charge in [0.1, 0.15) is 11.8 Å². The quantitative estimate of drug-likeness (QED) is 0.677. The van der Waals surface area contributed by atoms with Crippen molar-refractivity contribution in [2.45, 2.75) is 26.2 Å². The van der Waals surface area contributed by atoms with E-state index in [2.05, 4.69) is 21.5 Å². The van der Waals surface area contributed by atoms with Crippen molar-refractivity contribution in [2.24, 2.45) is 0 Å². The first-order valence-electron chi connectivity index (χ1n) is 8.03. The Bertz CT molecular complexity index is 685. The Morgan fingerprint density at radius 2 is 1.75 bits per heavy atom. The zero-order valence-corrected chi connectivity index (χ0v) is 13.8. The molecule has 24 heavy (non-hydrogen) atoms. The summed E-state index contributed by atoms with van der Waals surface area (Å²) in [7, 11) is 0. The summed E-state index contributed by atoms with van der Waals surface area (Å²) in [5.41, 5.74) is 9.10. The number of rotatable bonds is 5. The van der Waals surface area contributed by atoms with Crippen molar-refractivity contribution in [1.29, 1.82) is 0 Å². The van der Waals surface area contributed by atoms with Gasteiger partial charge in [0.15, 0.2) is 6.29 Å². The Kier molecular flexibility index (Phi) is 4.98. The van der Waals surface area contributed by atoms with E-state index in [9.17, 15) is 4.79 Å². The second-order valence-corrected chi connectivity index (χ2v) is 5.68. The molecule has 1 saturated heterocycles. The summed E-state index contributed by atoms with van der Waals surface area (Å²) in [5.74, 6) is 0.738. The van der Waals surface area contributed by atoms with Crippen molar-refractivity contribution in [3.63, 3.8) is 0 Å². The minimum Gasteiger partial charge on any atom is -0.494 e. The van der Waals surface area contributed by atoms with E-state index in [1.165, 1.54) is 0 Å². The van der Waals surface area contributed by atoms with Gasteiger partial charge < -0.3 is 15.4 Å². The molecular weight excluding hydrogens is 304 g/mol. The number of carbonyl (C=O) groups is 1. The van der Waals surface area contributed by atoms with Crippen LogP contribution in [0.3, 0.4) is 0 Å². The number of hydrogen-bond donors (Lipinski definition) is 4. The molecule has 0 radical (unpaired) electrons. The molecule has 3 rings (SSSR count). The average molecular weight is 326 g/mol. The van der Waals surface area contributed by atoms with Crippen LogP contribution in [0, 0.1) is 6.92 Å². The molecule has 1 amide bonds. The van der Waals surface area contributed by atoms with Crippen molar-refractivity contribution in [3.8, 4) is 5.75 Å². The number of hydrogen-bond acceptors (Lipinski definition) is 5. The maximum atomic E-state index is 12.3. The molecule has 0 bridgehead atoms. The summed E-state index contributed by atoms with van der Waals surface area (Å²) in [5, 5.41) is 6.11. The first-order chi connectivity index (χ1) is 11.7. The van der Waals surface area contributed by atoms with Crippen molar-refractivity contribution in [1.82, 2.24) is 16.2 Å². The molecule has 2 unspecified atom stereocenters. The second-order valence-electron chi connectivity index (χ2n) is 5.68. The maximum absolute atomic E-state index is 12.3. The van der Waals surface area contributed by atoms with Crippen LogP contribution in [-0.4, -0.2) is 18.8 Å². The molecular formula is C18H22N4O2. The molecule has 1 heterocycles. The standard InChI is InChI=1S/C18H22N4O2/c1-3-24-15-10-8-14(9-11-15)19-18-20-17(23)16(21-22-18)13-6-4-12(2)5-7-13/h4-11,16,18-19,21-22H,3H2,1-2H3,(H,20,23). The predicted octanol–water partition coefficient (Wildman–Crippen LogP) is 2.05. The average Bonchev–Trinajstić information content (AvgIpc) is 2.58. The molecule has 4 N–H and O–H groups in total. The van der Waals surface area contributed by atoms with Crippen LogP contribution in [0.1, 0.15) is 24.1 Å². The molecule has 0 spiro atoms. The molecule has 126 valence electrons. The molecule has 1 aliphatic heterocycles. The number of amides is 1. The first-order valence-corrected chi connectivity index (χ1v) is 8.03. The van der Waals surface area contributed by atoms with Gasteiger partial charge in [-0.15, -0.1) is 0 Å². The highest BCUT2D eigenvalue weighted by Crippen LogP contribution is 2.18. The number of carbonyl (C=O) groups excluding carboxylic acids is 1. The molecule has 2 atom stereocenters. The number of hydrazine groups is 1. The summed E-state index contributed by atoms with van der Waals surface area (Å²) in [4.78, 5) is 12.3. The van der Waals surface area contributed by atoms with E-state index in [0.29, 0.717) is 6.61 Å². The normalized spacial score (nSPS) is 20.3. The Morgan fingerprint density at radius 1 is 1.04 bits per heavy atom. The summed E-state index contributed by atoms with van der Waals surface area (Å²) in [6, 6.07) is 15.1. The molecule has 2 aromatic rings. The van der Waals surface area contributed by atoms with Gasteiger partial charge >= 0.3 is 0 Å². The Hall–Kier alpha value is -2.57. The van der Waals surface area contributed by atoms with Crippen LogP contribution in [0.5, 0.6) is 5.75 Å². The van der Waals surface area contributed by atoms with E-state index >= 15 is 0 Å². The Labute approximate surface area is 141 Å². The van der Waals surface area contributed by atoms with Crippen molar-refractivity contribution < 1.29 is 9.53 Å². The van der Waals surface area contributed by atoms with E-state index in [0.717, 1.165) is 22.6 Å². The van der Waals surface area contributed by atoms with Gasteiger partial charge in [-0.3, -0.25) is 4.79 Å². The van der Waals surface area contributed by atoms with Crippen molar-refractivity contribution in [3.05, 3.63) is 59.7 Å². The summed E-state index contributed by atoms with van der Waals surface area (Å²) < 4.78 is 5.41. The fourth-order valence-corrected chi connectivity index (χ4v) is 2.54. The first kappa shape index (κ1) is 16.3. The highest BCUT2D eigenvalue weighted by molar-refractivity contribution is 5.84. The van der Waals surface area contributed by atoms with Crippen molar-refractivity contribution in [2.75, 3.05) is 11.9 Å². The van der Waals surface area contributed by atoms with E-state index in [-0.39, 0.29) is 5.91 Å². The highest BCUT2D eigenvalue weighted by Gasteiger charge is 2.28. The summed E-state index contributed by atoms with van der Waals surface area (Å²) in [6.45, 7) is 4.61. The minimum absolute atomic E-state index is 0.0824. The maximum Gasteiger partial charge on any atom is 0.245 e. The number of ether oxygens (including phenoxy) is 1. The van der Waals surface area contributed by atoms with Crippen LogP contribution in [0.2, 0.25) is 0 Å². The monoisotopic (exact) mass is 326 g/mol. The van der Waals surface area contributed by atoms with Gasteiger partial charge in [-0.25, -0.2) is 10.9 Å². The number of anilines is 1. The predicted molar refractivity (Wildman–Crippen MR) is 93.4 cm³/mol. The Morgan fingerprint density at radius 3 is 2.38 bits per heavy atom. The molecule has 1 aliphatic rings. The molecule has 1 fully saturated rings. The van der Waals surface area contributed by atoms with Crippen LogP contribution in [0.25, 0.3) is 0 Å². The molecule has 0 saturated carbocycles. The zero-order valence-electron chi connectivity index (χ0n) is 13.8. The largest absolute Gasteiger partial charge is 0.494 e. The van der Waals surface area contributed by atoms with Gasteiger partial charge in [-0.2, -0.15) is 0 Å². The lowest BCUT2D eigenvalue weighted by atomic mass is 10.0. The van der Waals surface area contributed by atoms with Crippen LogP contribution in [0.15, 0.2) is 48.5 Å². The van der Waals surface area contributed by atoms with Crippen LogP contribution >= 0.6 is 0 Å². The van der Waals surface area contributed by atoms with Crippen molar-refractivity contribution >= 4 is 11.6 Å². The second kappa shape index (κ2) is 7.33. The summed E-state index contributed by atoms with van der Waals surface area (Å²) >= 11 is 0. The fraction of sp³-hybridized carbons (Fsp3) is 0.278. The lowest BCUT2D eigenvalue weighted by Crippen LogP contribution is -2.64. The smallest absolute Gasteiger partial charge is 0.245 e. The third kappa shape index (κ3) is 3.84. The molecule has 0 aliphatic carbocycles. The van der Waals surface area contributed by atoms with Gasteiger partial charge in [-0.1, -0.05) is 29.8 Å². The van der Waals surface area contributed by atoms with Crippen LogP contribution < -0.4 is 26.2 Å². The zero-order chi connectivity index (χ0) is 16.9. The lowest BCUT2D eigenvalue weighted by Gasteiger charge is -2.32. The summed E-state index contributed by atoms with van der Waals surface area (Å²) in [6.07, 6.45) is -0.392. The van der Waals surface area contributed by atoms with Gasteiger partial charge in [0, 0.05) is 5.69 Å². The molecule has 2 aromatic carbocycles. The Balaban J connectivity index is 1.59. The van der Waals surface area contributed by atoms with Gasteiger partial charge in [-0.05, 0) is 43.7 Å². The van der Waals surface area contributed by atoms with Crippen LogP contribution in [0.4, 0.5) is 5.69 Å². The third-order valence-electron chi connectivity index (χ3n) is 3.81. The number of aryl methyl sites for hydroxylation is 1. The van der Waals surface area contributed by atoms with E-state index < -0.39 is 12.3 Å². The van der Waals surface area contributed by atoms with Crippen LogP contribution in [-0.2, 0) is 4.79 Å². The number of benzene rings is 2. The lowest BCUT2D eigenvalue weighted by molar-refractivity contribution is -0.126. The van der Waals surface area contributed by atoms with E-state index in [4.69, 9.17) is 4.74 Å². The van der Waals surface area contributed by atoms with Gasteiger partial charge in [0.2, 0.25) is 5.91 Å². The third-order valence-corrected chi connectivity index (χ3v) is 3.81.